The zero-order chi connectivity index (χ0) is 16.8. The number of likely N-dealkylation sites (tertiary alicyclic amines) is 1. The van der Waals surface area contributed by atoms with Crippen LogP contribution in [-0.2, 0) is 4.79 Å². The molecule has 2 amide bonds. The van der Waals surface area contributed by atoms with Crippen LogP contribution in [0.1, 0.15) is 23.2 Å². The average Bonchev–Trinajstić information content (AvgIpc) is 3.04. The van der Waals surface area contributed by atoms with Gasteiger partial charge in [-0.15, -0.1) is 0 Å². The summed E-state index contributed by atoms with van der Waals surface area (Å²) in [6, 6.07) is 4.47. The molecule has 0 bridgehead atoms. The Bertz CT molecular complexity index is 580. The fourth-order valence-corrected chi connectivity index (χ4v) is 2.89. The van der Waals surface area contributed by atoms with Gasteiger partial charge < -0.3 is 20.3 Å². The summed E-state index contributed by atoms with van der Waals surface area (Å²) in [4.78, 5) is 26.7. The van der Waals surface area contributed by atoms with Crippen molar-refractivity contribution in [2.75, 3.05) is 33.8 Å². The van der Waals surface area contributed by atoms with Crippen LogP contribution in [0.5, 0.6) is 5.75 Å². The van der Waals surface area contributed by atoms with Gasteiger partial charge in [0.2, 0.25) is 5.91 Å². The van der Waals surface area contributed by atoms with Gasteiger partial charge in [0.05, 0.1) is 12.7 Å². The molecule has 7 heteroatoms. The van der Waals surface area contributed by atoms with Gasteiger partial charge in [-0.1, -0.05) is 11.6 Å². The van der Waals surface area contributed by atoms with Gasteiger partial charge >= 0.3 is 0 Å². The molecule has 1 heterocycles. The van der Waals surface area contributed by atoms with Crippen molar-refractivity contribution in [1.82, 2.24) is 15.5 Å². The molecule has 0 aliphatic carbocycles. The van der Waals surface area contributed by atoms with Crippen molar-refractivity contribution in [3.8, 4) is 5.75 Å². The summed E-state index contributed by atoms with van der Waals surface area (Å²) in [5.74, 6) is 0.114. The fraction of sp³-hybridized carbons (Fsp3) is 0.500. The monoisotopic (exact) mass is 339 g/mol. The van der Waals surface area contributed by atoms with E-state index in [1.165, 1.54) is 7.11 Å². The molecule has 126 valence electrons. The predicted molar refractivity (Wildman–Crippen MR) is 89.0 cm³/mol. The molecular formula is C16H22ClN3O3. The van der Waals surface area contributed by atoms with Gasteiger partial charge in [0.1, 0.15) is 11.8 Å². The lowest BCUT2D eigenvalue weighted by atomic mass is 10.1. The number of nitrogens with zero attached hydrogens (tertiary/aromatic N) is 1. The maximum absolute atomic E-state index is 12.8. The first-order valence-electron chi connectivity index (χ1n) is 7.65. The van der Waals surface area contributed by atoms with Gasteiger partial charge in [0.25, 0.3) is 5.91 Å². The summed E-state index contributed by atoms with van der Waals surface area (Å²) in [5, 5.41) is 6.28. The minimum absolute atomic E-state index is 0.118. The Labute approximate surface area is 141 Å². The molecule has 0 saturated carbocycles. The van der Waals surface area contributed by atoms with Crippen molar-refractivity contribution in [1.29, 1.82) is 0 Å². The fourth-order valence-electron chi connectivity index (χ4n) is 2.71. The van der Waals surface area contributed by atoms with Crippen LogP contribution < -0.4 is 15.4 Å². The Morgan fingerprint density at radius 3 is 2.87 bits per heavy atom. The highest BCUT2D eigenvalue weighted by atomic mass is 35.5. The van der Waals surface area contributed by atoms with Crippen LogP contribution in [0.25, 0.3) is 0 Å². The molecule has 2 N–H and O–H groups in total. The smallest absolute Gasteiger partial charge is 0.258 e. The second-order valence-corrected chi connectivity index (χ2v) is 5.83. The van der Waals surface area contributed by atoms with Crippen molar-refractivity contribution in [3.05, 3.63) is 28.8 Å². The number of ether oxygens (including phenoxy) is 1. The summed E-state index contributed by atoms with van der Waals surface area (Å²) >= 11 is 6.00. The largest absolute Gasteiger partial charge is 0.496 e. The molecule has 1 aliphatic rings. The first kappa shape index (κ1) is 17.6. The number of amides is 2. The number of rotatable bonds is 6. The molecule has 0 spiro atoms. The van der Waals surface area contributed by atoms with Gasteiger partial charge in [-0.05, 0) is 38.1 Å². The highest BCUT2D eigenvalue weighted by molar-refractivity contribution is 6.31. The first-order valence-corrected chi connectivity index (χ1v) is 8.03. The third-order valence-electron chi connectivity index (χ3n) is 3.88. The van der Waals surface area contributed by atoms with Crippen LogP contribution in [0.2, 0.25) is 5.02 Å². The van der Waals surface area contributed by atoms with E-state index in [-0.39, 0.29) is 11.8 Å². The summed E-state index contributed by atoms with van der Waals surface area (Å²) in [6.07, 6.45) is 1.47. The molecule has 0 aromatic heterocycles. The summed E-state index contributed by atoms with van der Waals surface area (Å²) in [5.41, 5.74) is 0.384. The Morgan fingerprint density at radius 1 is 1.39 bits per heavy atom. The molecule has 1 saturated heterocycles. The second kappa shape index (κ2) is 8.17. The number of nitrogens with one attached hydrogen (secondary N) is 2. The van der Waals surface area contributed by atoms with Crippen molar-refractivity contribution in [2.45, 2.75) is 18.9 Å². The molecule has 23 heavy (non-hydrogen) atoms. The van der Waals surface area contributed by atoms with E-state index in [0.717, 1.165) is 6.42 Å². The van der Waals surface area contributed by atoms with Crippen molar-refractivity contribution in [2.24, 2.45) is 0 Å². The van der Waals surface area contributed by atoms with Gasteiger partial charge in [-0.25, -0.2) is 0 Å². The number of halogens is 1. The van der Waals surface area contributed by atoms with Crippen molar-refractivity contribution < 1.29 is 14.3 Å². The second-order valence-electron chi connectivity index (χ2n) is 5.40. The Balaban J connectivity index is 2.14. The highest BCUT2D eigenvalue weighted by Gasteiger charge is 2.35. The number of carbonyl (C=O) groups excluding carboxylic acids is 2. The van der Waals surface area contributed by atoms with E-state index in [9.17, 15) is 9.59 Å². The third-order valence-corrected chi connectivity index (χ3v) is 4.12. The van der Waals surface area contributed by atoms with Crippen molar-refractivity contribution >= 4 is 23.4 Å². The van der Waals surface area contributed by atoms with Crippen LogP contribution in [0, 0.1) is 0 Å². The van der Waals surface area contributed by atoms with Crippen LogP contribution in [0.15, 0.2) is 18.2 Å². The van der Waals surface area contributed by atoms with Crippen LogP contribution in [-0.4, -0.2) is 56.5 Å². The Hall–Kier alpha value is -1.79. The van der Waals surface area contributed by atoms with E-state index >= 15 is 0 Å². The molecule has 1 aromatic carbocycles. The number of benzene rings is 1. The molecule has 1 aromatic rings. The SMILES string of the molecule is CNCCNC(=O)C1CCCN1C(=O)c1cc(Cl)ccc1OC. The number of hydrogen-bond donors (Lipinski definition) is 2. The Morgan fingerprint density at radius 2 is 2.17 bits per heavy atom. The highest BCUT2D eigenvalue weighted by Crippen LogP contribution is 2.27. The maximum Gasteiger partial charge on any atom is 0.258 e. The minimum atomic E-state index is -0.442. The van der Waals surface area contributed by atoms with Crippen LogP contribution in [0.4, 0.5) is 0 Å². The van der Waals surface area contributed by atoms with Gasteiger partial charge in [-0.2, -0.15) is 0 Å². The predicted octanol–water partition coefficient (Wildman–Crippen LogP) is 1.29. The summed E-state index contributed by atoms with van der Waals surface area (Å²) in [6.45, 7) is 1.78. The van der Waals surface area contributed by atoms with Crippen LogP contribution in [0.3, 0.4) is 0 Å². The molecular weight excluding hydrogens is 318 g/mol. The van der Waals surface area contributed by atoms with E-state index in [2.05, 4.69) is 10.6 Å². The summed E-state index contributed by atoms with van der Waals surface area (Å²) < 4.78 is 5.24. The first-order chi connectivity index (χ1) is 11.1. The van der Waals surface area contributed by atoms with Gasteiger partial charge in [0.15, 0.2) is 0 Å². The molecule has 1 aliphatic heterocycles. The zero-order valence-electron chi connectivity index (χ0n) is 13.4. The number of likely N-dealkylation sites (N-methyl/N-ethyl adjacent to an activating group) is 1. The summed E-state index contributed by atoms with van der Waals surface area (Å²) in [7, 11) is 3.33. The minimum Gasteiger partial charge on any atom is -0.496 e. The molecule has 0 radical (unpaired) electrons. The zero-order valence-corrected chi connectivity index (χ0v) is 14.2. The Kier molecular flexibility index (Phi) is 6.24. The third kappa shape index (κ3) is 4.14. The van der Waals surface area contributed by atoms with E-state index in [1.54, 1.807) is 23.1 Å². The molecule has 1 fully saturated rings. The van der Waals surface area contributed by atoms with E-state index < -0.39 is 6.04 Å². The number of hydrogen-bond acceptors (Lipinski definition) is 4. The molecule has 6 nitrogen and oxygen atoms in total. The standard InChI is InChI=1S/C16H22ClN3O3/c1-18-7-8-19-15(21)13-4-3-9-20(13)16(22)12-10-11(17)5-6-14(12)23-2/h5-6,10,13,18H,3-4,7-9H2,1-2H3,(H,19,21). The van der Waals surface area contributed by atoms with Crippen LogP contribution >= 0.6 is 11.6 Å². The van der Waals surface area contributed by atoms with Crippen molar-refractivity contribution in [3.63, 3.8) is 0 Å². The van der Waals surface area contributed by atoms with Gasteiger partial charge in [0, 0.05) is 24.7 Å². The normalized spacial score (nSPS) is 17.2. The molecule has 1 unspecified atom stereocenters. The van der Waals surface area contributed by atoms with E-state index in [0.29, 0.717) is 42.4 Å². The number of carbonyl (C=O) groups is 2. The lowest BCUT2D eigenvalue weighted by molar-refractivity contribution is -0.124. The lowest BCUT2D eigenvalue weighted by Crippen LogP contribution is -2.47. The number of methoxy groups -OCH3 is 1. The average molecular weight is 340 g/mol. The lowest BCUT2D eigenvalue weighted by Gasteiger charge is -2.24. The molecule has 1 atom stereocenters. The maximum atomic E-state index is 12.8. The van der Waals surface area contributed by atoms with Gasteiger partial charge in [-0.3, -0.25) is 9.59 Å². The van der Waals surface area contributed by atoms with E-state index in [1.807, 2.05) is 7.05 Å². The molecule has 2 rings (SSSR count). The topological polar surface area (TPSA) is 70.7 Å². The van der Waals surface area contributed by atoms with E-state index in [4.69, 9.17) is 16.3 Å². The quantitative estimate of drug-likeness (QED) is 0.766.